The molecule has 0 bridgehead atoms. The molecule has 0 spiro atoms. The van der Waals surface area contributed by atoms with Crippen LogP contribution in [0.15, 0.2) is 18.2 Å². The highest BCUT2D eigenvalue weighted by Crippen LogP contribution is 2.22. The summed E-state index contributed by atoms with van der Waals surface area (Å²) in [5.41, 5.74) is 1.02. The topological polar surface area (TPSA) is 104 Å². The van der Waals surface area contributed by atoms with Gasteiger partial charge in [0.2, 0.25) is 0 Å². The van der Waals surface area contributed by atoms with E-state index in [2.05, 4.69) is 0 Å². The quantitative estimate of drug-likeness (QED) is 0.686. The molecule has 7 heteroatoms. The van der Waals surface area contributed by atoms with E-state index in [1.807, 2.05) is 0 Å². The number of ether oxygens (including phenoxy) is 1. The summed E-state index contributed by atoms with van der Waals surface area (Å²) in [6.45, 7) is 0.639. The average molecular weight is 295 g/mol. The fourth-order valence-corrected chi connectivity index (χ4v) is 1.91. The van der Waals surface area contributed by atoms with Crippen molar-refractivity contribution in [1.82, 2.24) is 4.90 Å². The molecule has 0 heterocycles. The van der Waals surface area contributed by atoms with Gasteiger partial charge in [-0.05, 0) is 25.1 Å². The molecular weight excluding hydrogens is 278 g/mol. The Bertz CT molecular complexity index is 538. The number of hydrogen-bond acceptors (Lipinski definition) is 5. The Morgan fingerprint density at radius 3 is 2.14 bits per heavy atom. The van der Waals surface area contributed by atoms with Crippen molar-refractivity contribution in [2.24, 2.45) is 0 Å². The lowest BCUT2D eigenvalue weighted by atomic mass is 10.1. The molecule has 0 saturated heterocycles. The number of aliphatic carboxylic acids is 2. The normalized spacial score (nSPS) is 10.4. The van der Waals surface area contributed by atoms with E-state index >= 15 is 0 Å². The molecule has 114 valence electrons. The molecule has 1 aromatic carbocycles. The SMILES string of the molecule is COc1ccc(C(C)=O)cc1CN(CC(=O)O)CC(=O)O. The number of nitrogens with zero attached hydrogens (tertiary/aromatic N) is 1. The first kappa shape index (κ1) is 16.6. The summed E-state index contributed by atoms with van der Waals surface area (Å²) in [4.78, 5) is 34.2. The molecule has 0 aliphatic rings. The monoisotopic (exact) mass is 295 g/mol. The van der Waals surface area contributed by atoms with Crippen LogP contribution in [-0.4, -0.2) is 53.0 Å². The van der Waals surface area contributed by atoms with Crippen molar-refractivity contribution in [3.8, 4) is 5.75 Å². The molecule has 0 fully saturated rings. The molecular formula is C14H17NO6. The third kappa shape index (κ3) is 5.23. The predicted octanol–water partition coefficient (Wildman–Crippen LogP) is 0.869. The minimum absolute atomic E-state index is 0.0584. The molecule has 0 atom stereocenters. The van der Waals surface area contributed by atoms with Crippen molar-refractivity contribution in [2.45, 2.75) is 13.5 Å². The van der Waals surface area contributed by atoms with Crippen LogP contribution in [0.4, 0.5) is 0 Å². The zero-order valence-corrected chi connectivity index (χ0v) is 11.8. The molecule has 0 radical (unpaired) electrons. The Morgan fingerprint density at radius 1 is 1.14 bits per heavy atom. The van der Waals surface area contributed by atoms with Crippen molar-refractivity contribution in [1.29, 1.82) is 0 Å². The third-order valence-electron chi connectivity index (χ3n) is 2.80. The van der Waals surface area contributed by atoms with Crippen LogP contribution in [0.3, 0.4) is 0 Å². The van der Waals surface area contributed by atoms with E-state index in [9.17, 15) is 14.4 Å². The number of hydrogen-bond donors (Lipinski definition) is 2. The minimum Gasteiger partial charge on any atom is -0.496 e. The van der Waals surface area contributed by atoms with Crippen LogP contribution < -0.4 is 4.74 Å². The van der Waals surface area contributed by atoms with Crippen LogP contribution in [0.25, 0.3) is 0 Å². The number of ketones is 1. The number of carbonyl (C=O) groups excluding carboxylic acids is 1. The second-order valence-corrected chi connectivity index (χ2v) is 4.52. The Kier molecular flexibility index (Phi) is 5.86. The van der Waals surface area contributed by atoms with Gasteiger partial charge in [-0.2, -0.15) is 0 Å². The summed E-state index contributed by atoms with van der Waals surface area (Å²) in [7, 11) is 1.45. The highest BCUT2D eigenvalue weighted by molar-refractivity contribution is 5.94. The summed E-state index contributed by atoms with van der Waals surface area (Å²) in [5.74, 6) is -1.92. The Balaban J connectivity index is 3.04. The lowest BCUT2D eigenvalue weighted by Crippen LogP contribution is -2.34. The van der Waals surface area contributed by atoms with Crippen molar-refractivity contribution < 1.29 is 29.3 Å². The van der Waals surface area contributed by atoms with E-state index < -0.39 is 25.0 Å². The predicted molar refractivity (Wildman–Crippen MR) is 73.5 cm³/mol. The highest BCUT2D eigenvalue weighted by atomic mass is 16.5. The summed E-state index contributed by atoms with van der Waals surface area (Å²) >= 11 is 0. The minimum atomic E-state index is -1.13. The van der Waals surface area contributed by atoms with E-state index in [0.29, 0.717) is 16.9 Å². The summed E-state index contributed by atoms with van der Waals surface area (Å²) in [5, 5.41) is 17.6. The number of methoxy groups -OCH3 is 1. The highest BCUT2D eigenvalue weighted by Gasteiger charge is 2.17. The Morgan fingerprint density at radius 2 is 1.71 bits per heavy atom. The fourth-order valence-electron chi connectivity index (χ4n) is 1.91. The molecule has 21 heavy (non-hydrogen) atoms. The van der Waals surface area contributed by atoms with Gasteiger partial charge in [0.15, 0.2) is 5.78 Å². The molecule has 0 aliphatic heterocycles. The van der Waals surface area contributed by atoms with Gasteiger partial charge >= 0.3 is 11.9 Å². The number of rotatable bonds is 8. The summed E-state index contributed by atoms with van der Waals surface area (Å²) in [6, 6.07) is 4.78. The van der Waals surface area contributed by atoms with E-state index in [1.165, 1.54) is 18.9 Å². The third-order valence-corrected chi connectivity index (χ3v) is 2.80. The van der Waals surface area contributed by atoms with Crippen LogP contribution in [0, 0.1) is 0 Å². The first-order valence-corrected chi connectivity index (χ1v) is 6.17. The molecule has 0 aliphatic carbocycles. The van der Waals surface area contributed by atoms with E-state index in [1.54, 1.807) is 18.2 Å². The molecule has 0 aromatic heterocycles. The lowest BCUT2D eigenvalue weighted by Gasteiger charge is -2.20. The van der Waals surface area contributed by atoms with Gasteiger partial charge in [0.25, 0.3) is 0 Å². The maximum atomic E-state index is 11.4. The van der Waals surface area contributed by atoms with E-state index in [-0.39, 0.29) is 12.3 Å². The van der Waals surface area contributed by atoms with E-state index in [4.69, 9.17) is 14.9 Å². The van der Waals surface area contributed by atoms with Crippen LogP contribution >= 0.6 is 0 Å². The maximum Gasteiger partial charge on any atom is 0.317 e. The van der Waals surface area contributed by atoms with Crippen molar-refractivity contribution in [3.63, 3.8) is 0 Å². The zero-order valence-electron chi connectivity index (χ0n) is 11.8. The van der Waals surface area contributed by atoms with Gasteiger partial charge in [0, 0.05) is 17.7 Å². The van der Waals surface area contributed by atoms with Gasteiger partial charge in [-0.3, -0.25) is 19.3 Å². The smallest absolute Gasteiger partial charge is 0.317 e. The number of benzene rings is 1. The first-order valence-electron chi connectivity index (χ1n) is 6.17. The van der Waals surface area contributed by atoms with Crippen LogP contribution in [0.1, 0.15) is 22.8 Å². The summed E-state index contributed by atoms with van der Waals surface area (Å²) < 4.78 is 5.16. The standard InChI is InChI=1S/C14H17NO6/c1-9(16)10-3-4-12(21-2)11(5-10)6-15(7-13(17)18)8-14(19)20/h3-5H,6-8H2,1-2H3,(H,17,18)(H,19,20). The second kappa shape index (κ2) is 7.39. The van der Waals surface area contributed by atoms with Crippen molar-refractivity contribution in [3.05, 3.63) is 29.3 Å². The number of carboxylic acids is 2. The molecule has 0 unspecified atom stereocenters. The van der Waals surface area contributed by atoms with Gasteiger partial charge < -0.3 is 14.9 Å². The second-order valence-electron chi connectivity index (χ2n) is 4.52. The molecule has 0 saturated carbocycles. The summed E-state index contributed by atoms with van der Waals surface area (Å²) in [6.07, 6.45) is 0. The molecule has 0 amide bonds. The van der Waals surface area contributed by atoms with Gasteiger partial charge in [0.05, 0.1) is 20.2 Å². The zero-order chi connectivity index (χ0) is 16.0. The largest absolute Gasteiger partial charge is 0.496 e. The van der Waals surface area contributed by atoms with Crippen molar-refractivity contribution >= 4 is 17.7 Å². The Labute approximate surface area is 121 Å². The molecule has 2 N–H and O–H groups in total. The van der Waals surface area contributed by atoms with Gasteiger partial charge in [-0.25, -0.2) is 0 Å². The van der Waals surface area contributed by atoms with E-state index in [0.717, 1.165) is 0 Å². The fraction of sp³-hybridized carbons (Fsp3) is 0.357. The molecule has 1 aromatic rings. The number of carboxylic acid groups (broad SMARTS) is 2. The van der Waals surface area contributed by atoms with Gasteiger partial charge in [0.1, 0.15) is 5.75 Å². The van der Waals surface area contributed by atoms with Crippen LogP contribution in [-0.2, 0) is 16.1 Å². The number of Topliss-reactive ketones (excluding diaryl/α,β-unsaturated/α-hetero) is 1. The van der Waals surface area contributed by atoms with Crippen LogP contribution in [0.2, 0.25) is 0 Å². The maximum absolute atomic E-state index is 11.4. The molecule has 7 nitrogen and oxygen atoms in total. The average Bonchev–Trinajstić information content (AvgIpc) is 2.36. The molecule has 1 rings (SSSR count). The van der Waals surface area contributed by atoms with Crippen LogP contribution in [0.5, 0.6) is 5.75 Å². The lowest BCUT2D eigenvalue weighted by molar-refractivity contribution is -0.142. The van der Waals surface area contributed by atoms with Crippen molar-refractivity contribution in [2.75, 3.05) is 20.2 Å². The van der Waals surface area contributed by atoms with Gasteiger partial charge in [-0.15, -0.1) is 0 Å². The van der Waals surface area contributed by atoms with Gasteiger partial charge in [-0.1, -0.05) is 0 Å². The Hall–Kier alpha value is -2.41. The number of carbonyl (C=O) groups is 3. The first-order chi connectivity index (χ1) is 9.83.